The number of carbonyl (C=O) groups excluding carboxylic acids is 1. The number of ether oxygens (including phenoxy) is 1. The van der Waals surface area contributed by atoms with Crippen LogP contribution in [0.15, 0.2) is 28.7 Å². The van der Waals surface area contributed by atoms with Crippen molar-refractivity contribution in [3.8, 4) is 0 Å². The van der Waals surface area contributed by atoms with E-state index in [1.54, 1.807) is 18.3 Å². The lowest BCUT2D eigenvalue weighted by molar-refractivity contribution is 0.0519. The molecule has 0 bridgehead atoms. The molecule has 0 spiro atoms. The Labute approximate surface area is 149 Å². The fourth-order valence-electron chi connectivity index (χ4n) is 2.22. The third-order valence-electron chi connectivity index (χ3n) is 3.29. The average molecular weight is 397 g/mol. The molecule has 6 heteroatoms. The molecule has 2 rings (SSSR count). The summed E-state index contributed by atoms with van der Waals surface area (Å²) in [5.74, 6) is -0.331. The molecule has 0 atom stereocenters. The molecule has 0 unspecified atom stereocenters. The van der Waals surface area contributed by atoms with Crippen LogP contribution in [0.3, 0.4) is 0 Å². The van der Waals surface area contributed by atoms with Crippen LogP contribution in [0, 0.1) is 6.92 Å². The first-order valence-electron chi connectivity index (χ1n) is 7.68. The quantitative estimate of drug-likeness (QED) is 0.538. The van der Waals surface area contributed by atoms with Gasteiger partial charge >= 0.3 is 5.97 Å². The van der Waals surface area contributed by atoms with Gasteiger partial charge < -0.3 is 10.1 Å². The molecule has 0 saturated carbocycles. The van der Waals surface area contributed by atoms with Gasteiger partial charge in [-0.3, -0.25) is 0 Å². The predicted octanol–water partition coefficient (Wildman–Crippen LogP) is 4.11. The monoisotopic (exact) mass is 396 g/mol. The number of hydrogen-bond donors (Lipinski definition) is 1. The average Bonchev–Trinajstić information content (AvgIpc) is 2.88. The molecule has 0 aliphatic heterocycles. The van der Waals surface area contributed by atoms with Gasteiger partial charge in [-0.15, -0.1) is 11.3 Å². The molecule has 0 aliphatic rings. The third kappa shape index (κ3) is 5.71. The molecule has 0 saturated heterocycles. The lowest BCUT2D eigenvalue weighted by atomic mass is 10.1. The van der Waals surface area contributed by atoms with Crippen LogP contribution < -0.4 is 5.32 Å². The van der Waals surface area contributed by atoms with E-state index in [9.17, 15) is 4.79 Å². The highest BCUT2D eigenvalue weighted by Crippen LogP contribution is 2.18. The van der Waals surface area contributed by atoms with Gasteiger partial charge in [-0.1, -0.05) is 28.1 Å². The molecule has 1 N–H and O–H groups in total. The Kier molecular flexibility index (Phi) is 7.20. The first-order valence-corrected chi connectivity index (χ1v) is 9.29. The van der Waals surface area contributed by atoms with Crippen molar-refractivity contribution in [2.45, 2.75) is 33.2 Å². The number of carbonyl (C=O) groups is 1. The fourth-order valence-corrected chi connectivity index (χ4v) is 3.56. The highest BCUT2D eigenvalue weighted by Gasteiger charge is 2.15. The standard InChI is InChI=1S/C17H21BrN2O2S/c1-3-22-17(21)16-12(2)23-15(20-16)11-19-9-5-7-13-6-4-8-14(18)10-13/h4,6,8,10,19H,3,5,7,9,11H2,1-2H3. The molecule has 0 radical (unpaired) electrons. The van der Waals surface area contributed by atoms with Crippen LogP contribution in [-0.2, 0) is 17.7 Å². The smallest absolute Gasteiger partial charge is 0.358 e. The number of rotatable bonds is 8. The number of thiazole rings is 1. The van der Waals surface area contributed by atoms with E-state index in [2.05, 4.69) is 44.4 Å². The summed E-state index contributed by atoms with van der Waals surface area (Å²) in [6.45, 7) is 5.68. The lowest BCUT2D eigenvalue weighted by Gasteiger charge is -2.03. The predicted molar refractivity (Wildman–Crippen MR) is 97.0 cm³/mol. The summed E-state index contributed by atoms with van der Waals surface area (Å²) in [7, 11) is 0. The Balaban J connectivity index is 1.74. The molecule has 1 heterocycles. The summed E-state index contributed by atoms with van der Waals surface area (Å²) in [6, 6.07) is 8.38. The Hall–Kier alpha value is -1.24. The van der Waals surface area contributed by atoms with Crippen LogP contribution in [0.1, 0.15) is 39.3 Å². The minimum atomic E-state index is -0.331. The molecular formula is C17H21BrN2O2S. The maximum Gasteiger partial charge on any atom is 0.358 e. The lowest BCUT2D eigenvalue weighted by Crippen LogP contribution is -2.15. The Bertz CT molecular complexity index is 658. The zero-order chi connectivity index (χ0) is 16.7. The second-order valence-electron chi connectivity index (χ2n) is 5.14. The molecule has 2 aromatic rings. The number of hydrogen-bond acceptors (Lipinski definition) is 5. The SMILES string of the molecule is CCOC(=O)c1nc(CNCCCc2cccc(Br)c2)sc1C. The van der Waals surface area contributed by atoms with Gasteiger partial charge in [0.2, 0.25) is 0 Å². The molecule has 0 aliphatic carbocycles. The first kappa shape index (κ1) is 18.1. The van der Waals surface area contributed by atoms with Gasteiger partial charge in [0.1, 0.15) is 5.01 Å². The summed E-state index contributed by atoms with van der Waals surface area (Å²) in [6.07, 6.45) is 2.10. The summed E-state index contributed by atoms with van der Waals surface area (Å²) in [5, 5.41) is 4.31. The van der Waals surface area contributed by atoms with Crippen molar-refractivity contribution < 1.29 is 9.53 Å². The number of esters is 1. The molecule has 1 aromatic heterocycles. The van der Waals surface area contributed by atoms with E-state index in [-0.39, 0.29) is 5.97 Å². The number of benzene rings is 1. The number of halogens is 1. The minimum Gasteiger partial charge on any atom is -0.461 e. The van der Waals surface area contributed by atoms with Gasteiger partial charge in [0.05, 0.1) is 6.61 Å². The van der Waals surface area contributed by atoms with E-state index in [0.29, 0.717) is 18.8 Å². The van der Waals surface area contributed by atoms with Gasteiger partial charge in [-0.25, -0.2) is 9.78 Å². The van der Waals surface area contributed by atoms with Crippen molar-refractivity contribution in [2.24, 2.45) is 0 Å². The van der Waals surface area contributed by atoms with E-state index in [1.807, 2.05) is 13.0 Å². The summed E-state index contributed by atoms with van der Waals surface area (Å²) in [4.78, 5) is 17.0. The third-order valence-corrected chi connectivity index (χ3v) is 4.76. The van der Waals surface area contributed by atoms with Crippen LogP contribution in [0.4, 0.5) is 0 Å². The van der Waals surface area contributed by atoms with Gasteiger partial charge in [0, 0.05) is 15.9 Å². The van der Waals surface area contributed by atoms with E-state index in [1.165, 1.54) is 5.56 Å². The van der Waals surface area contributed by atoms with Crippen molar-refractivity contribution in [1.29, 1.82) is 0 Å². The van der Waals surface area contributed by atoms with Crippen molar-refractivity contribution in [1.82, 2.24) is 10.3 Å². The van der Waals surface area contributed by atoms with Gasteiger partial charge in [-0.2, -0.15) is 0 Å². The second-order valence-corrected chi connectivity index (χ2v) is 7.35. The number of nitrogens with zero attached hydrogens (tertiary/aromatic N) is 1. The number of aromatic nitrogens is 1. The highest BCUT2D eigenvalue weighted by atomic mass is 79.9. The van der Waals surface area contributed by atoms with Gasteiger partial charge in [0.15, 0.2) is 5.69 Å². The summed E-state index contributed by atoms with van der Waals surface area (Å²) >= 11 is 5.03. The van der Waals surface area contributed by atoms with Crippen LogP contribution in [-0.4, -0.2) is 24.1 Å². The highest BCUT2D eigenvalue weighted by molar-refractivity contribution is 9.10. The Morgan fingerprint density at radius 1 is 1.43 bits per heavy atom. The second kappa shape index (κ2) is 9.15. The number of aryl methyl sites for hydroxylation is 2. The first-order chi connectivity index (χ1) is 11.1. The minimum absolute atomic E-state index is 0.331. The molecule has 0 amide bonds. The van der Waals surface area contributed by atoms with Crippen molar-refractivity contribution in [3.63, 3.8) is 0 Å². The van der Waals surface area contributed by atoms with Crippen LogP contribution in [0.2, 0.25) is 0 Å². The van der Waals surface area contributed by atoms with Crippen molar-refractivity contribution >= 4 is 33.2 Å². The Morgan fingerprint density at radius 3 is 3.00 bits per heavy atom. The molecular weight excluding hydrogens is 376 g/mol. The maximum absolute atomic E-state index is 11.7. The topological polar surface area (TPSA) is 51.2 Å². The van der Waals surface area contributed by atoms with Gasteiger partial charge in [-0.05, 0) is 50.9 Å². The van der Waals surface area contributed by atoms with E-state index >= 15 is 0 Å². The normalized spacial score (nSPS) is 10.7. The largest absolute Gasteiger partial charge is 0.461 e. The van der Waals surface area contributed by atoms with Crippen LogP contribution in [0.25, 0.3) is 0 Å². The molecule has 124 valence electrons. The molecule has 4 nitrogen and oxygen atoms in total. The summed E-state index contributed by atoms with van der Waals surface area (Å²) in [5.41, 5.74) is 1.78. The van der Waals surface area contributed by atoms with Crippen LogP contribution >= 0.6 is 27.3 Å². The van der Waals surface area contributed by atoms with Crippen molar-refractivity contribution in [3.05, 3.63) is 49.9 Å². The maximum atomic E-state index is 11.7. The molecule has 23 heavy (non-hydrogen) atoms. The Morgan fingerprint density at radius 2 is 2.26 bits per heavy atom. The van der Waals surface area contributed by atoms with Crippen LogP contribution in [0.5, 0.6) is 0 Å². The molecule has 0 fully saturated rings. The van der Waals surface area contributed by atoms with Gasteiger partial charge in [0.25, 0.3) is 0 Å². The zero-order valence-corrected chi connectivity index (χ0v) is 15.8. The zero-order valence-electron chi connectivity index (χ0n) is 13.4. The van der Waals surface area contributed by atoms with E-state index < -0.39 is 0 Å². The number of nitrogens with one attached hydrogen (secondary N) is 1. The summed E-state index contributed by atoms with van der Waals surface area (Å²) < 4.78 is 6.12. The van der Waals surface area contributed by atoms with Crippen molar-refractivity contribution in [2.75, 3.05) is 13.2 Å². The molecule has 1 aromatic carbocycles. The van der Waals surface area contributed by atoms with E-state index in [4.69, 9.17) is 4.74 Å². The van der Waals surface area contributed by atoms with E-state index in [0.717, 1.165) is 33.7 Å². The fraction of sp³-hybridized carbons (Fsp3) is 0.412.